The van der Waals surface area contributed by atoms with Gasteiger partial charge in [0, 0.05) is 24.5 Å². The van der Waals surface area contributed by atoms with Gasteiger partial charge in [0.15, 0.2) is 0 Å². The number of rotatable bonds is 3. The zero-order valence-corrected chi connectivity index (χ0v) is 13.1. The van der Waals surface area contributed by atoms with Crippen LogP contribution in [0.3, 0.4) is 0 Å². The first-order valence-corrected chi connectivity index (χ1v) is 6.64. The lowest BCUT2D eigenvalue weighted by Gasteiger charge is -2.23. The first-order valence-electron chi connectivity index (χ1n) is 6.64. The molecule has 0 radical (unpaired) electrons. The fourth-order valence-electron chi connectivity index (χ4n) is 2.32. The Balaban J connectivity index is 0.00000180. The summed E-state index contributed by atoms with van der Waals surface area (Å²) in [6.45, 7) is 2.23. The van der Waals surface area contributed by atoms with E-state index in [0.29, 0.717) is 0 Å². The van der Waals surface area contributed by atoms with Crippen molar-refractivity contribution in [1.29, 1.82) is 0 Å². The van der Waals surface area contributed by atoms with Crippen molar-refractivity contribution in [2.24, 2.45) is 5.73 Å². The quantitative estimate of drug-likeness (QED) is 0.900. The van der Waals surface area contributed by atoms with Crippen LogP contribution in [0.4, 0.5) is 11.4 Å². The summed E-state index contributed by atoms with van der Waals surface area (Å²) in [5, 5.41) is 2.80. The summed E-state index contributed by atoms with van der Waals surface area (Å²) in [5.41, 5.74) is 7.31. The van der Waals surface area contributed by atoms with Crippen molar-refractivity contribution in [3.63, 3.8) is 0 Å². The van der Waals surface area contributed by atoms with Crippen molar-refractivity contribution in [2.45, 2.75) is 25.7 Å². The van der Waals surface area contributed by atoms with Gasteiger partial charge in [0.05, 0.1) is 6.54 Å². The van der Waals surface area contributed by atoms with E-state index in [-0.39, 0.29) is 37.3 Å². The van der Waals surface area contributed by atoms with Crippen LogP contribution in [0.1, 0.15) is 25.7 Å². The van der Waals surface area contributed by atoms with E-state index >= 15 is 0 Å². The van der Waals surface area contributed by atoms with Crippen LogP contribution in [0, 0.1) is 0 Å². The molecule has 0 spiro atoms. The summed E-state index contributed by atoms with van der Waals surface area (Å²) in [7, 11) is 0. The highest BCUT2D eigenvalue weighted by Gasteiger charge is 2.10. The van der Waals surface area contributed by atoms with Gasteiger partial charge in [-0.3, -0.25) is 4.79 Å². The third-order valence-electron chi connectivity index (χ3n) is 3.29. The lowest BCUT2D eigenvalue weighted by molar-refractivity contribution is -0.114. The molecule has 0 unspecified atom stereocenters. The molecule has 1 heterocycles. The van der Waals surface area contributed by atoms with Crippen molar-refractivity contribution in [3.8, 4) is 0 Å². The fraction of sp³-hybridized carbons (Fsp3) is 0.500. The largest absolute Gasteiger partial charge is 0.371 e. The molecule has 114 valence electrons. The number of amides is 1. The number of hydrogen-bond donors (Lipinski definition) is 2. The van der Waals surface area contributed by atoms with E-state index in [9.17, 15) is 4.79 Å². The highest BCUT2D eigenvalue weighted by molar-refractivity contribution is 5.92. The topological polar surface area (TPSA) is 58.4 Å². The Morgan fingerprint density at radius 1 is 1.15 bits per heavy atom. The van der Waals surface area contributed by atoms with Gasteiger partial charge in [0.1, 0.15) is 0 Å². The van der Waals surface area contributed by atoms with Crippen LogP contribution in [0.15, 0.2) is 24.3 Å². The standard InChI is InChI=1S/C14H21N3O.2ClH/c15-11-14(18)16-12-6-5-7-13(10-12)17-8-3-1-2-4-9-17;;/h5-7,10H,1-4,8-9,11,15H2,(H,16,18);2*1H. The minimum atomic E-state index is -0.150. The molecule has 3 N–H and O–H groups in total. The maximum absolute atomic E-state index is 11.3. The number of nitrogens with one attached hydrogen (secondary N) is 1. The number of anilines is 2. The lowest BCUT2D eigenvalue weighted by Crippen LogP contribution is -2.24. The molecule has 0 aromatic heterocycles. The summed E-state index contributed by atoms with van der Waals surface area (Å²) in [6.07, 6.45) is 5.14. The van der Waals surface area contributed by atoms with Crippen LogP contribution in [-0.4, -0.2) is 25.5 Å². The highest BCUT2D eigenvalue weighted by atomic mass is 35.5. The fourth-order valence-corrected chi connectivity index (χ4v) is 2.32. The molecular formula is C14H23Cl2N3O. The Morgan fingerprint density at radius 3 is 2.40 bits per heavy atom. The molecule has 4 nitrogen and oxygen atoms in total. The Labute approximate surface area is 132 Å². The van der Waals surface area contributed by atoms with Crippen molar-refractivity contribution < 1.29 is 4.79 Å². The summed E-state index contributed by atoms with van der Waals surface area (Å²) in [4.78, 5) is 13.7. The number of carbonyl (C=O) groups excluding carboxylic acids is 1. The van der Waals surface area contributed by atoms with Gasteiger partial charge in [-0.05, 0) is 31.0 Å². The van der Waals surface area contributed by atoms with Crippen LogP contribution in [0.25, 0.3) is 0 Å². The summed E-state index contributed by atoms with van der Waals surface area (Å²) < 4.78 is 0. The van der Waals surface area contributed by atoms with E-state index < -0.39 is 0 Å². The Kier molecular flexibility index (Phi) is 9.38. The normalized spacial score (nSPS) is 14.6. The molecule has 1 aliphatic heterocycles. The Morgan fingerprint density at radius 2 is 1.80 bits per heavy atom. The van der Waals surface area contributed by atoms with Gasteiger partial charge >= 0.3 is 0 Å². The van der Waals surface area contributed by atoms with Crippen LogP contribution < -0.4 is 16.0 Å². The van der Waals surface area contributed by atoms with Crippen LogP contribution >= 0.6 is 24.8 Å². The molecule has 1 fully saturated rings. The van der Waals surface area contributed by atoms with Gasteiger partial charge in [0.25, 0.3) is 0 Å². The SMILES string of the molecule is Cl.Cl.NCC(=O)Nc1cccc(N2CCCCCC2)c1. The van der Waals surface area contributed by atoms with Crippen molar-refractivity contribution >= 4 is 42.1 Å². The average Bonchev–Trinajstić information content (AvgIpc) is 2.68. The zero-order valence-electron chi connectivity index (χ0n) is 11.5. The van der Waals surface area contributed by atoms with E-state index in [1.807, 2.05) is 18.2 Å². The zero-order chi connectivity index (χ0) is 12.8. The average molecular weight is 320 g/mol. The van der Waals surface area contributed by atoms with Gasteiger partial charge in [-0.15, -0.1) is 24.8 Å². The molecular weight excluding hydrogens is 297 g/mol. The predicted octanol–water partition coefficient (Wildman–Crippen LogP) is 2.81. The first kappa shape index (κ1) is 19.0. The number of halogens is 2. The van der Waals surface area contributed by atoms with E-state index in [4.69, 9.17) is 5.73 Å². The molecule has 1 amide bonds. The third kappa shape index (κ3) is 5.57. The smallest absolute Gasteiger partial charge is 0.238 e. The maximum atomic E-state index is 11.3. The van der Waals surface area contributed by atoms with Gasteiger partial charge in [-0.2, -0.15) is 0 Å². The van der Waals surface area contributed by atoms with Crippen LogP contribution in [-0.2, 0) is 4.79 Å². The maximum Gasteiger partial charge on any atom is 0.238 e. The number of nitrogens with two attached hydrogens (primary N) is 1. The van der Waals surface area contributed by atoms with Gasteiger partial charge < -0.3 is 16.0 Å². The summed E-state index contributed by atoms with van der Waals surface area (Å²) in [5.74, 6) is -0.150. The van der Waals surface area contributed by atoms with Crippen molar-refractivity contribution in [3.05, 3.63) is 24.3 Å². The third-order valence-corrected chi connectivity index (χ3v) is 3.29. The molecule has 0 saturated carbocycles. The number of nitrogens with zero attached hydrogens (tertiary/aromatic N) is 1. The van der Waals surface area contributed by atoms with E-state index in [2.05, 4.69) is 16.3 Å². The predicted molar refractivity (Wildman–Crippen MR) is 89.3 cm³/mol. The molecule has 0 atom stereocenters. The van der Waals surface area contributed by atoms with E-state index in [1.165, 1.54) is 31.4 Å². The molecule has 0 bridgehead atoms. The van der Waals surface area contributed by atoms with Crippen molar-refractivity contribution in [1.82, 2.24) is 0 Å². The second-order valence-electron chi connectivity index (χ2n) is 4.70. The van der Waals surface area contributed by atoms with Gasteiger partial charge in [0.2, 0.25) is 5.91 Å². The minimum Gasteiger partial charge on any atom is -0.371 e. The van der Waals surface area contributed by atoms with Crippen molar-refractivity contribution in [2.75, 3.05) is 29.9 Å². The number of benzene rings is 1. The molecule has 1 aliphatic rings. The molecule has 1 aromatic rings. The molecule has 20 heavy (non-hydrogen) atoms. The van der Waals surface area contributed by atoms with Crippen LogP contribution in [0.5, 0.6) is 0 Å². The molecule has 0 aliphatic carbocycles. The Bertz CT molecular complexity index is 407. The monoisotopic (exact) mass is 319 g/mol. The minimum absolute atomic E-state index is 0. The molecule has 1 saturated heterocycles. The summed E-state index contributed by atoms with van der Waals surface area (Å²) in [6, 6.07) is 8.00. The Hall–Kier alpha value is -0.970. The van der Waals surface area contributed by atoms with E-state index in [0.717, 1.165) is 18.8 Å². The second-order valence-corrected chi connectivity index (χ2v) is 4.70. The lowest BCUT2D eigenvalue weighted by atomic mass is 10.2. The molecule has 1 aromatic carbocycles. The molecule has 6 heteroatoms. The van der Waals surface area contributed by atoms with Gasteiger partial charge in [-0.1, -0.05) is 18.9 Å². The molecule has 2 rings (SSSR count). The van der Waals surface area contributed by atoms with E-state index in [1.54, 1.807) is 0 Å². The number of hydrogen-bond acceptors (Lipinski definition) is 3. The second kappa shape index (κ2) is 9.86. The first-order chi connectivity index (χ1) is 8.79. The summed E-state index contributed by atoms with van der Waals surface area (Å²) >= 11 is 0. The highest BCUT2D eigenvalue weighted by Crippen LogP contribution is 2.22. The van der Waals surface area contributed by atoms with Crippen LogP contribution in [0.2, 0.25) is 0 Å². The van der Waals surface area contributed by atoms with Gasteiger partial charge in [-0.25, -0.2) is 0 Å². The number of carbonyl (C=O) groups is 1.